The predicted molar refractivity (Wildman–Crippen MR) is 56.5 cm³/mol. The Bertz CT molecular complexity index is 429. The monoisotopic (exact) mass is 205 g/mol. The molecule has 0 aliphatic heterocycles. The number of benzene rings is 1. The Labute approximate surface area is 87.7 Å². The van der Waals surface area contributed by atoms with E-state index in [1.165, 1.54) is 0 Å². The van der Waals surface area contributed by atoms with E-state index in [1.807, 2.05) is 0 Å². The molecule has 0 atom stereocenters. The zero-order valence-corrected chi connectivity index (χ0v) is 8.28. The van der Waals surface area contributed by atoms with Crippen LogP contribution in [0.25, 0.3) is 0 Å². The molecule has 78 valence electrons. The van der Waals surface area contributed by atoms with Crippen LogP contribution in [0.5, 0.6) is 5.75 Å². The Kier molecular flexibility index (Phi) is 3.58. The quantitative estimate of drug-likeness (QED) is 0.560. The molecule has 4 heteroatoms. The van der Waals surface area contributed by atoms with Crippen LogP contribution in [0.4, 0.5) is 5.69 Å². The molecule has 0 aliphatic carbocycles. The first-order valence-electron chi connectivity index (χ1n) is 4.27. The number of carboxylic acids is 1. The summed E-state index contributed by atoms with van der Waals surface area (Å²) in [5, 5.41) is 8.39. The molecule has 1 aromatic carbocycles. The van der Waals surface area contributed by atoms with Gasteiger partial charge in [0, 0.05) is 11.6 Å². The number of methoxy groups -OCH3 is 1. The minimum Gasteiger partial charge on any atom is -0.497 e. The lowest BCUT2D eigenvalue weighted by Gasteiger charge is -2.02. The van der Waals surface area contributed by atoms with Gasteiger partial charge in [-0.25, -0.2) is 0 Å². The highest BCUT2D eigenvalue weighted by Crippen LogP contribution is 2.18. The maximum Gasteiger partial charge on any atom is 0.315 e. The summed E-state index contributed by atoms with van der Waals surface area (Å²) in [6.07, 6.45) is -0.189. The highest BCUT2D eigenvalue weighted by Gasteiger charge is 1.97. The lowest BCUT2D eigenvalue weighted by molar-refractivity contribution is -0.135. The molecule has 0 fully saturated rings. The SMILES string of the molecule is COc1ccc(C#CCC(=O)O)c(N)c1. The number of carboxylic acid groups (broad SMARTS) is 1. The van der Waals surface area contributed by atoms with E-state index in [4.69, 9.17) is 15.6 Å². The second kappa shape index (κ2) is 4.91. The van der Waals surface area contributed by atoms with Crippen LogP contribution in [0.3, 0.4) is 0 Å². The lowest BCUT2D eigenvalue weighted by atomic mass is 10.1. The van der Waals surface area contributed by atoms with E-state index < -0.39 is 5.97 Å². The second-order valence-electron chi connectivity index (χ2n) is 2.83. The van der Waals surface area contributed by atoms with Gasteiger partial charge in [-0.3, -0.25) is 4.79 Å². The molecule has 4 nitrogen and oxygen atoms in total. The standard InChI is InChI=1S/C11H11NO3/c1-15-9-6-5-8(10(12)7-9)3-2-4-11(13)14/h5-7H,4,12H2,1H3,(H,13,14). The van der Waals surface area contributed by atoms with Gasteiger partial charge in [-0.1, -0.05) is 11.8 Å². The van der Waals surface area contributed by atoms with Crippen molar-refractivity contribution in [2.45, 2.75) is 6.42 Å². The van der Waals surface area contributed by atoms with E-state index in [0.717, 1.165) is 0 Å². The zero-order chi connectivity index (χ0) is 11.3. The number of aliphatic carboxylic acids is 1. The maximum absolute atomic E-state index is 10.2. The third kappa shape index (κ3) is 3.24. The highest BCUT2D eigenvalue weighted by molar-refractivity contribution is 5.70. The molecule has 0 saturated heterocycles. The Morgan fingerprint density at radius 2 is 2.33 bits per heavy atom. The van der Waals surface area contributed by atoms with Gasteiger partial charge in [0.25, 0.3) is 0 Å². The second-order valence-corrected chi connectivity index (χ2v) is 2.83. The van der Waals surface area contributed by atoms with Gasteiger partial charge in [-0.15, -0.1) is 0 Å². The van der Waals surface area contributed by atoms with Crippen LogP contribution in [0.1, 0.15) is 12.0 Å². The van der Waals surface area contributed by atoms with E-state index in [9.17, 15) is 4.79 Å². The molecular formula is C11H11NO3. The van der Waals surface area contributed by atoms with Gasteiger partial charge in [0.15, 0.2) is 0 Å². The average molecular weight is 205 g/mol. The summed E-state index contributed by atoms with van der Waals surface area (Å²) < 4.78 is 4.97. The van der Waals surface area contributed by atoms with E-state index in [0.29, 0.717) is 17.0 Å². The van der Waals surface area contributed by atoms with E-state index in [-0.39, 0.29) is 6.42 Å². The number of rotatable bonds is 2. The minimum absolute atomic E-state index is 0.189. The molecule has 1 aromatic rings. The molecule has 0 aromatic heterocycles. The number of hydrogen-bond donors (Lipinski definition) is 2. The van der Waals surface area contributed by atoms with Gasteiger partial charge in [-0.05, 0) is 12.1 Å². The average Bonchev–Trinajstić information content (AvgIpc) is 2.20. The molecule has 0 aliphatic rings. The molecule has 0 saturated carbocycles. The van der Waals surface area contributed by atoms with Gasteiger partial charge in [0.1, 0.15) is 12.2 Å². The fourth-order valence-electron chi connectivity index (χ4n) is 0.997. The number of carbonyl (C=O) groups is 1. The molecular weight excluding hydrogens is 194 g/mol. The van der Waals surface area contributed by atoms with E-state index >= 15 is 0 Å². The summed E-state index contributed by atoms with van der Waals surface area (Å²) in [5.74, 6) is 4.89. The summed E-state index contributed by atoms with van der Waals surface area (Å²) in [6, 6.07) is 5.06. The smallest absolute Gasteiger partial charge is 0.315 e. The zero-order valence-electron chi connectivity index (χ0n) is 8.28. The fraction of sp³-hybridized carbons (Fsp3) is 0.182. The molecule has 1 rings (SSSR count). The van der Waals surface area contributed by atoms with Gasteiger partial charge in [0.2, 0.25) is 0 Å². The van der Waals surface area contributed by atoms with Crippen molar-refractivity contribution in [3.63, 3.8) is 0 Å². The Morgan fingerprint density at radius 3 is 2.87 bits per heavy atom. The van der Waals surface area contributed by atoms with Crippen molar-refractivity contribution >= 4 is 11.7 Å². The van der Waals surface area contributed by atoms with Crippen LogP contribution in [0, 0.1) is 11.8 Å². The Hall–Kier alpha value is -2.15. The number of nitrogen functional groups attached to an aromatic ring is 1. The maximum atomic E-state index is 10.2. The molecule has 3 N–H and O–H groups in total. The van der Waals surface area contributed by atoms with Gasteiger partial charge >= 0.3 is 5.97 Å². The van der Waals surface area contributed by atoms with Crippen molar-refractivity contribution < 1.29 is 14.6 Å². The van der Waals surface area contributed by atoms with Gasteiger partial charge < -0.3 is 15.6 Å². The van der Waals surface area contributed by atoms with Crippen molar-refractivity contribution in [1.29, 1.82) is 0 Å². The number of ether oxygens (including phenoxy) is 1. The summed E-state index contributed by atoms with van der Waals surface area (Å²) in [7, 11) is 1.55. The largest absolute Gasteiger partial charge is 0.497 e. The van der Waals surface area contributed by atoms with Crippen molar-refractivity contribution in [3.8, 4) is 17.6 Å². The molecule has 0 heterocycles. The van der Waals surface area contributed by atoms with E-state index in [2.05, 4.69) is 11.8 Å². The minimum atomic E-state index is -0.949. The summed E-state index contributed by atoms with van der Waals surface area (Å²) in [4.78, 5) is 10.2. The van der Waals surface area contributed by atoms with Crippen LogP contribution in [0.15, 0.2) is 18.2 Å². The van der Waals surface area contributed by atoms with Crippen LogP contribution in [0.2, 0.25) is 0 Å². The van der Waals surface area contributed by atoms with Crippen molar-refractivity contribution in [1.82, 2.24) is 0 Å². The molecule has 0 amide bonds. The Balaban J connectivity index is 2.85. The molecule has 0 spiro atoms. The van der Waals surface area contributed by atoms with Crippen molar-refractivity contribution in [3.05, 3.63) is 23.8 Å². The number of hydrogen-bond acceptors (Lipinski definition) is 3. The summed E-state index contributed by atoms with van der Waals surface area (Å²) in [5.41, 5.74) is 6.77. The third-order valence-electron chi connectivity index (χ3n) is 1.72. The van der Waals surface area contributed by atoms with Crippen LogP contribution in [-0.4, -0.2) is 18.2 Å². The molecule has 15 heavy (non-hydrogen) atoms. The first-order valence-corrected chi connectivity index (χ1v) is 4.27. The van der Waals surface area contributed by atoms with Crippen molar-refractivity contribution in [2.75, 3.05) is 12.8 Å². The number of nitrogens with two attached hydrogens (primary N) is 1. The summed E-state index contributed by atoms with van der Waals surface area (Å²) >= 11 is 0. The van der Waals surface area contributed by atoms with Gasteiger partial charge in [0.05, 0.1) is 12.8 Å². The lowest BCUT2D eigenvalue weighted by Crippen LogP contribution is -1.93. The van der Waals surface area contributed by atoms with E-state index in [1.54, 1.807) is 25.3 Å². The normalized spacial score (nSPS) is 8.87. The van der Waals surface area contributed by atoms with Gasteiger partial charge in [-0.2, -0.15) is 0 Å². The molecule has 0 bridgehead atoms. The van der Waals surface area contributed by atoms with Crippen LogP contribution >= 0.6 is 0 Å². The van der Waals surface area contributed by atoms with Crippen molar-refractivity contribution in [2.24, 2.45) is 0 Å². The summed E-state index contributed by atoms with van der Waals surface area (Å²) in [6.45, 7) is 0. The molecule has 0 unspecified atom stereocenters. The predicted octanol–water partition coefficient (Wildman–Crippen LogP) is 1.10. The molecule has 0 radical (unpaired) electrons. The third-order valence-corrected chi connectivity index (χ3v) is 1.72. The Morgan fingerprint density at radius 1 is 1.60 bits per heavy atom. The topological polar surface area (TPSA) is 72.5 Å². The highest BCUT2D eigenvalue weighted by atomic mass is 16.5. The van der Waals surface area contributed by atoms with Crippen LogP contribution < -0.4 is 10.5 Å². The van der Waals surface area contributed by atoms with Crippen LogP contribution in [-0.2, 0) is 4.79 Å². The first-order chi connectivity index (χ1) is 7.13. The number of anilines is 1. The fourth-order valence-corrected chi connectivity index (χ4v) is 0.997. The first kappa shape index (κ1) is 10.9.